The van der Waals surface area contributed by atoms with Crippen molar-refractivity contribution in [3.05, 3.63) is 12.4 Å². The molecule has 1 N–H and O–H groups in total. The number of rotatable bonds is 3. The molecule has 52 valence electrons. The highest BCUT2D eigenvalue weighted by molar-refractivity contribution is 14.2. The molecule has 0 radical (unpaired) electrons. The Balaban J connectivity index is 3.40. The van der Waals surface area contributed by atoms with Crippen molar-refractivity contribution in [1.82, 2.24) is 3.53 Å². The third-order valence-corrected chi connectivity index (χ3v) is 2.24. The molecule has 0 aliphatic carbocycles. The molecule has 0 aromatic heterocycles. The van der Waals surface area contributed by atoms with Crippen LogP contribution in [-0.2, 0) is 0 Å². The Morgan fingerprint density at radius 1 is 1.67 bits per heavy atom. The second-order valence-corrected chi connectivity index (χ2v) is 4.90. The maximum Gasteiger partial charge on any atom is 0.0424 e. The molecule has 0 aliphatic heterocycles. The van der Waals surface area contributed by atoms with Crippen LogP contribution >= 0.6 is 21.0 Å². The van der Waals surface area contributed by atoms with Crippen molar-refractivity contribution >= 4 is 31.2 Å². The van der Waals surface area contributed by atoms with Crippen LogP contribution in [0.2, 0.25) is 0 Å². The van der Waals surface area contributed by atoms with Crippen LogP contribution in [0.25, 0.3) is 0 Å². The summed E-state index contributed by atoms with van der Waals surface area (Å²) in [5.41, 5.74) is 0. The van der Waals surface area contributed by atoms with Gasteiger partial charge in [0.25, 0.3) is 0 Å². The second-order valence-electron chi connectivity index (χ2n) is 1.58. The van der Waals surface area contributed by atoms with Gasteiger partial charge in [-0.15, -0.1) is 0 Å². The van der Waals surface area contributed by atoms with Crippen LogP contribution in [0.1, 0.15) is 13.8 Å². The molecule has 2 nitrogen and oxygen atoms in total. The van der Waals surface area contributed by atoms with E-state index in [0.29, 0.717) is 0 Å². The Morgan fingerprint density at radius 3 is 2.78 bits per heavy atom. The second kappa shape index (κ2) is 5.94. The summed E-state index contributed by atoms with van der Waals surface area (Å²) >= 11 is 0.0448. The van der Waals surface area contributed by atoms with Crippen LogP contribution in [0.15, 0.2) is 17.4 Å². The van der Waals surface area contributed by atoms with E-state index in [-0.39, 0.29) is 21.0 Å². The molecule has 0 rings (SSSR count). The molecule has 0 saturated carbocycles. The SMILES string of the molecule is C=N/C=C\NI=C(C)C. The first-order valence-electron chi connectivity index (χ1n) is 2.57. The topological polar surface area (TPSA) is 24.4 Å². The number of hydrogen-bond acceptors (Lipinski definition) is 2. The highest BCUT2D eigenvalue weighted by Gasteiger charge is 1.70. The number of hydrogen-bond donors (Lipinski definition) is 1. The van der Waals surface area contributed by atoms with Crippen LogP contribution in [0, 0.1) is 0 Å². The van der Waals surface area contributed by atoms with Gasteiger partial charge in [0.15, 0.2) is 0 Å². The zero-order valence-electron chi connectivity index (χ0n) is 5.69. The smallest absolute Gasteiger partial charge is 0.0424 e. The summed E-state index contributed by atoms with van der Waals surface area (Å²) in [6.07, 6.45) is 3.48. The number of nitrogens with zero attached hydrogens (tertiary/aromatic N) is 1. The van der Waals surface area contributed by atoms with Crippen molar-refractivity contribution < 1.29 is 0 Å². The number of nitrogens with one attached hydrogen (secondary N) is 1. The third kappa shape index (κ3) is 7.81. The molecule has 0 bridgehead atoms. The maximum absolute atomic E-state index is 3.55. The highest BCUT2D eigenvalue weighted by Crippen LogP contribution is 1.91. The van der Waals surface area contributed by atoms with Crippen molar-refractivity contribution in [2.75, 3.05) is 0 Å². The quantitative estimate of drug-likeness (QED) is 0.453. The number of halogens is 1. The molecule has 0 amide bonds. The lowest BCUT2D eigenvalue weighted by Gasteiger charge is -1.87. The fourth-order valence-electron chi connectivity index (χ4n) is 0.221. The summed E-state index contributed by atoms with van der Waals surface area (Å²) in [4.78, 5) is 3.55. The van der Waals surface area contributed by atoms with Crippen LogP contribution in [0.3, 0.4) is 0 Å². The highest BCUT2D eigenvalue weighted by atomic mass is 127. The van der Waals surface area contributed by atoms with Gasteiger partial charge in [0.1, 0.15) is 0 Å². The molecular weight excluding hydrogens is 227 g/mol. The van der Waals surface area contributed by atoms with E-state index in [0.717, 1.165) is 0 Å². The van der Waals surface area contributed by atoms with Gasteiger partial charge in [-0.1, -0.05) is 0 Å². The molecule has 0 atom stereocenters. The first-order chi connectivity index (χ1) is 4.27. The van der Waals surface area contributed by atoms with Crippen molar-refractivity contribution in [2.45, 2.75) is 13.8 Å². The van der Waals surface area contributed by atoms with Gasteiger partial charge in [-0.25, -0.2) is 0 Å². The van der Waals surface area contributed by atoms with Crippen molar-refractivity contribution in [3.8, 4) is 0 Å². The van der Waals surface area contributed by atoms with Crippen molar-refractivity contribution in [1.29, 1.82) is 0 Å². The van der Waals surface area contributed by atoms with Gasteiger partial charge < -0.3 is 3.53 Å². The molecule has 0 heterocycles. The van der Waals surface area contributed by atoms with E-state index < -0.39 is 0 Å². The van der Waals surface area contributed by atoms with E-state index in [1.54, 1.807) is 6.20 Å². The molecule has 0 spiro atoms. The summed E-state index contributed by atoms with van der Waals surface area (Å²) in [5, 5.41) is 0. The summed E-state index contributed by atoms with van der Waals surface area (Å²) in [6.45, 7) is 7.55. The normalized spacial score (nSPS) is 9.56. The van der Waals surface area contributed by atoms with Crippen LogP contribution in [0.4, 0.5) is 0 Å². The monoisotopic (exact) mass is 238 g/mol. The van der Waals surface area contributed by atoms with Gasteiger partial charge >= 0.3 is 0 Å². The van der Waals surface area contributed by atoms with Gasteiger partial charge in [-0.3, -0.25) is 4.99 Å². The number of aliphatic imine (C=N–C) groups is 1. The van der Waals surface area contributed by atoms with Crippen molar-refractivity contribution in [3.63, 3.8) is 0 Å². The fraction of sp³-hybridized carbons (Fsp3) is 0.333. The molecular formula is C6H11IN2. The maximum atomic E-state index is 3.55. The van der Waals surface area contributed by atoms with E-state index >= 15 is 0 Å². The van der Waals surface area contributed by atoms with E-state index in [2.05, 4.69) is 29.1 Å². The third-order valence-electron chi connectivity index (χ3n) is 0.486. The molecule has 0 unspecified atom stereocenters. The van der Waals surface area contributed by atoms with E-state index in [1.807, 2.05) is 6.20 Å². The Morgan fingerprint density at radius 2 is 2.33 bits per heavy atom. The zero-order chi connectivity index (χ0) is 7.11. The molecule has 0 aliphatic rings. The summed E-state index contributed by atoms with van der Waals surface area (Å²) in [5.74, 6) is 0. The largest absolute Gasteiger partial charge is 0.339 e. The average molecular weight is 238 g/mol. The lowest BCUT2D eigenvalue weighted by Crippen LogP contribution is -1.85. The van der Waals surface area contributed by atoms with Crippen LogP contribution in [0.5, 0.6) is 0 Å². The average Bonchev–Trinajstić information content (AvgIpc) is 1.80. The summed E-state index contributed by atoms with van der Waals surface area (Å²) < 4.78 is 4.61. The zero-order valence-corrected chi connectivity index (χ0v) is 7.84. The Labute approximate surface area is 66.2 Å². The summed E-state index contributed by atoms with van der Waals surface area (Å²) in [6, 6.07) is 0. The standard InChI is InChI=1S/C6H11IN2/c1-6(2)7-9-5-4-8-3/h4-5,9H,3H2,1-2H3/b5-4-. The predicted octanol–water partition coefficient (Wildman–Crippen LogP) is 1.85. The minimum atomic E-state index is 0.0448. The van der Waals surface area contributed by atoms with E-state index in [1.165, 1.54) is 3.51 Å². The van der Waals surface area contributed by atoms with Gasteiger partial charge in [-0.2, -0.15) is 0 Å². The Bertz CT molecular complexity index is 134. The summed E-state index contributed by atoms with van der Waals surface area (Å²) in [7, 11) is 0. The van der Waals surface area contributed by atoms with Gasteiger partial charge in [0.05, 0.1) is 0 Å². The molecule has 3 heteroatoms. The molecule has 0 saturated heterocycles. The van der Waals surface area contributed by atoms with Gasteiger partial charge in [-0.05, 0) is 45.1 Å². The van der Waals surface area contributed by atoms with E-state index in [4.69, 9.17) is 0 Å². The first-order valence-corrected chi connectivity index (χ1v) is 4.73. The lowest BCUT2D eigenvalue weighted by molar-refractivity contribution is 1.44. The molecule has 0 aromatic rings. The molecule has 9 heavy (non-hydrogen) atoms. The predicted molar refractivity (Wildman–Crippen MR) is 52.2 cm³/mol. The molecule has 0 fully saturated rings. The minimum absolute atomic E-state index is 0.0448. The minimum Gasteiger partial charge on any atom is -0.339 e. The molecule has 0 aromatic carbocycles. The van der Waals surface area contributed by atoms with Gasteiger partial charge in [0.2, 0.25) is 0 Å². The Hall–Kier alpha value is -0.190. The van der Waals surface area contributed by atoms with E-state index in [9.17, 15) is 0 Å². The fourth-order valence-corrected chi connectivity index (χ4v) is 1.18. The lowest BCUT2D eigenvalue weighted by atomic mass is 10.6. The van der Waals surface area contributed by atoms with Crippen molar-refractivity contribution in [2.24, 2.45) is 4.99 Å². The van der Waals surface area contributed by atoms with Crippen LogP contribution < -0.4 is 3.53 Å². The first kappa shape index (κ1) is 8.81. The van der Waals surface area contributed by atoms with Crippen LogP contribution in [-0.4, -0.2) is 10.2 Å². The Kier molecular flexibility index (Phi) is 5.81. The van der Waals surface area contributed by atoms with Gasteiger partial charge in [0, 0.05) is 12.4 Å².